The summed E-state index contributed by atoms with van der Waals surface area (Å²) in [7, 11) is 0. The van der Waals surface area contributed by atoms with Crippen LogP contribution < -0.4 is 9.64 Å². The maximum atomic E-state index is 15.2. The first-order chi connectivity index (χ1) is 16.5. The fourth-order valence-electron chi connectivity index (χ4n) is 4.40. The number of carbonyl (C=O) groups excluding carboxylic acids is 1. The van der Waals surface area contributed by atoms with E-state index in [1.807, 2.05) is 0 Å². The minimum Gasteiger partial charge on any atom is -0.478 e. The van der Waals surface area contributed by atoms with Crippen molar-refractivity contribution >= 4 is 23.6 Å². The number of aromatic carboxylic acids is 1. The number of carboxylic acid groups (broad SMARTS) is 1. The maximum Gasteiger partial charge on any atom is 0.337 e. The Bertz CT molecular complexity index is 1110. The van der Waals surface area contributed by atoms with Crippen molar-refractivity contribution < 1.29 is 32.6 Å². The van der Waals surface area contributed by atoms with Crippen molar-refractivity contribution in [1.82, 2.24) is 4.98 Å². The van der Waals surface area contributed by atoms with Crippen molar-refractivity contribution in [3.8, 4) is 11.6 Å². The largest absolute Gasteiger partial charge is 0.478 e. The van der Waals surface area contributed by atoms with E-state index in [0.717, 1.165) is 25.0 Å². The molecule has 1 aromatic heterocycles. The summed E-state index contributed by atoms with van der Waals surface area (Å²) >= 11 is 0. The highest BCUT2D eigenvalue weighted by molar-refractivity contribution is 6.03. The van der Waals surface area contributed by atoms with Gasteiger partial charge in [-0.15, -0.1) is 0 Å². The molecule has 188 valence electrons. The Morgan fingerprint density at radius 3 is 2.43 bits per heavy atom. The molecule has 0 saturated heterocycles. The van der Waals surface area contributed by atoms with Crippen LogP contribution in [-0.2, 0) is 4.79 Å². The number of halogens is 3. The number of ether oxygens (including phenoxy) is 1. The molecule has 1 saturated carbocycles. The molecule has 1 aliphatic carbocycles. The smallest absolute Gasteiger partial charge is 0.337 e. The summed E-state index contributed by atoms with van der Waals surface area (Å²) < 4.78 is 47.8. The van der Waals surface area contributed by atoms with Crippen molar-refractivity contribution in [2.24, 2.45) is 11.8 Å². The first kappa shape index (κ1) is 26.2. The van der Waals surface area contributed by atoms with Crippen LogP contribution in [0.3, 0.4) is 0 Å². The third-order valence-electron chi connectivity index (χ3n) is 6.29. The summed E-state index contributed by atoms with van der Waals surface area (Å²) in [6.45, 7) is 9.04. The Balaban J connectivity index is 2.04. The molecule has 0 unspecified atom stereocenters. The third kappa shape index (κ3) is 5.66. The number of carboxylic acids is 1. The zero-order valence-electron chi connectivity index (χ0n) is 19.9. The SMILES string of the molecule is C=Cc1ccnc(Oc2cc(C(=O)O)c(N(C(=O)[C@H]3CC[C@H](C)CC3)C(C)C)cc2F)c1C(F)F. The zero-order chi connectivity index (χ0) is 25.9. The summed E-state index contributed by atoms with van der Waals surface area (Å²) in [5, 5.41) is 9.86. The molecule has 0 bridgehead atoms. The molecule has 1 fully saturated rings. The van der Waals surface area contributed by atoms with Crippen LogP contribution >= 0.6 is 0 Å². The Labute approximate surface area is 202 Å². The van der Waals surface area contributed by atoms with Crippen molar-refractivity contribution in [3.63, 3.8) is 0 Å². The number of pyridine rings is 1. The van der Waals surface area contributed by atoms with E-state index < -0.39 is 41.4 Å². The first-order valence-electron chi connectivity index (χ1n) is 11.5. The third-order valence-corrected chi connectivity index (χ3v) is 6.29. The number of alkyl halides is 2. The number of amides is 1. The molecule has 2 aromatic rings. The highest BCUT2D eigenvalue weighted by atomic mass is 19.3. The number of hydrogen-bond acceptors (Lipinski definition) is 4. The van der Waals surface area contributed by atoms with Crippen LogP contribution in [0.1, 0.15) is 74.4 Å². The molecule has 0 aliphatic heterocycles. The van der Waals surface area contributed by atoms with Crippen LogP contribution in [0, 0.1) is 17.7 Å². The summed E-state index contributed by atoms with van der Waals surface area (Å²) in [4.78, 5) is 30.6. The fourth-order valence-corrected chi connectivity index (χ4v) is 4.40. The second-order valence-corrected chi connectivity index (χ2v) is 9.09. The number of aromatic nitrogens is 1. The molecule has 3 rings (SSSR count). The molecule has 0 spiro atoms. The van der Waals surface area contributed by atoms with Gasteiger partial charge in [0.15, 0.2) is 11.6 Å². The van der Waals surface area contributed by atoms with Crippen LogP contribution in [0.5, 0.6) is 11.6 Å². The first-order valence-corrected chi connectivity index (χ1v) is 11.5. The maximum absolute atomic E-state index is 15.2. The summed E-state index contributed by atoms with van der Waals surface area (Å²) in [6.07, 6.45) is 2.54. The van der Waals surface area contributed by atoms with Gasteiger partial charge in [0.05, 0.1) is 16.8 Å². The van der Waals surface area contributed by atoms with Gasteiger partial charge in [0.25, 0.3) is 6.43 Å². The van der Waals surface area contributed by atoms with E-state index in [-0.39, 0.29) is 28.6 Å². The Hall–Kier alpha value is -3.36. The van der Waals surface area contributed by atoms with Gasteiger partial charge < -0.3 is 14.7 Å². The number of hydrogen-bond donors (Lipinski definition) is 1. The number of benzene rings is 1. The molecule has 1 amide bonds. The van der Waals surface area contributed by atoms with E-state index in [0.29, 0.717) is 18.8 Å². The van der Waals surface area contributed by atoms with E-state index in [1.54, 1.807) is 13.8 Å². The van der Waals surface area contributed by atoms with E-state index in [4.69, 9.17) is 4.74 Å². The van der Waals surface area contributed by atoms with Gasteiger partial charge in [-0.3, -0.25) is 4.79 Å². The van der Waals surface area contributed by atoms with E-state index in [1.165, 1.54) is 23.2 Å². The van der Waals surface area contributed by atoms with Gasteiger partial charge >= 0.3 is 5.97 Å². The molecule has 1 N–H and O–H groups in total. The molecule has 1 heterocycles. The van der Waals surface area contributed by atoms with Crippen molar-refractivity contribution in [2.45, 2.75) is 58.9 Å². The summed E-state index contributed by atoms with van der Waals surface area (Å²) in [5.41, 5.74) is -1.03. The second kappa shape index (κ2) is 10.9. The molecule has 6 nitrogen and oxygen atoms in total. The minimum atomic E-state index is -2.99. The lowest BCUT2D eigenvalue weighted by Crippen LogP contribution is -2.43. The molecule has 35 heavy (non-hydrogen) atoms. The lowest BCUT2D eigenvalue weighted by atomic mass is 9.82. The Morgan fingerprint density at radius 1 is 1.23 bits per heavy atom. The predicted octanol–water partition coefficient (Wildman–Crippen LogP) is 6.86. The van der Waals surface area contributed by atoms with Crippen LogP contribution in [0.2, 0.25) is 0 Å². The van der Waals surface area contributed by atoms with Crippen LogP contribution in [0.15, 0.2) is 31.0 Å². The number of carbonyl (C=O) groups is 2. The van der Waals surface area contributed by atoms with Gasteiger partial charge in [0.1, 0.15) is 0 Å². The Kier molecular flexibility index (Phi) is 8.19. The highest BCUT2D eigenvalue weighted by Gasteiger charge is 2.33. The number of nitrogens with zero attached hydrogens (tertiary/aromatic N) is 2. The average Bonchev–Trinajstić information content (AvgIpc) is 2.80. The van der Waals surface area contributed by atoms with E-state index in [9.17, 15) is 23.5 Å². The van der Waals surface area contributed by atoms with Crippen molar-refractivity contribution in [1.29, 1.82) is 0 Å². The molecular weight excluding hydrogens is 461 g/mol. The monoisotopic (exact) mass is 490 g/mol. The van der Waals surface area contributed by atoms with Crippen LogP contribution in [0.25, 0.3) is 6.08 Å². The lowest BCUT2D eigenvalue weighted by molar-refractivity contribution is -0.123. The molecule has 1 aliphatic rings. The second-order valence-electron chi connectivity index (χ2n) is 9.09. The molecule has 1 aromatic carbocycles. The quantitative estimate of drug-likeness (QED) is 0.437. The topological polar surface area (TPSA) is 79.7 Å². The summed E-state index contributed by atoms with van der Waals surface area (Å²) in [5.74, 6) is -3.61. The van der Waals surface area contributed by atoms with Gasteiger partial charge in [-0.05, 0) is 57.1 Å². The van der Waals surface area contributed by atoms with Gasteiger partial charge in [0, 0.05) is 30.3 Å². The Morgan fingerprint density at radius 2 is 1.89 bits per heavy atom. The molecular formula is C26H29F3N2O4. The standard InChI is InChI=1S/C26H29F3N2O4/c1-5-16-10-11-30-24(22(16)23(28)29)35-21-12-18(26(33)34)20(13-19(21)27)31(14(2)3)25(32)17-8-6-15(4)7-9-17/h5,10-15,17,23H,1,6-9H2,2-4H3,(H,33,34)/t15-,17-. The van der Waals surface area contributed by atoms with Gasteiger partial charge in [-0.2, -0.15) is 0 Å². The molecule has 0 atom stereocenters. The predicted molar refractivity (Wildman–Crippen MR) is 126 cm³/mol. The lowest BCUT2D eigenvalue weighted by Gasteiger charge is -2.34. The van der Waals surface area contributed by atoms with E-state index in [2.05, 4.69) is 18.5 Å². The molecule has 9 heteroatoms. The zero-order valence-corrected chi connectivity index (χ0v) is 19.9. The highest BCUT2D eigenvalue weighted by Crippen LogP contribution is 2.38. The average molecular weight is 491 g/mol. The van der Waals surface area contributed by atoms with Crippen LogP contribution in [0.4, 0.5) is 18.9 Å². The summed E-state index contributed by atoms with van der Waals surface area (Å²) in [6, 6.07) is 2.67. The van der Waals surface area contributed by atoms with Crippen LogP contribution in [-0.4, -0.2) is 28.0 Å². The number of rotatable bonds is 8. The number of anilines is 1. The van der Waals surface area contributed by atoms with Gasteiger partial charge in [-0.25, -0.2) is 22.9 Å². The normalized spacial score (nSPS) is 17.9. The van der Waals surface area contributed by atoms with Gasteiger partial charge in [0.2, 0.25) is 11.8 Å². The van der Waals surface area contributed by atoms with E-state index >= 15 is 4.39 Å². The molecule has 0 radical (unpaired) electrons. The van der Waals surface area contributed by atoms with Crippen molar-refractivity contribution in [3.05, 3.63) is 53.5 Å². The van der Waals surface area contributed by atoms with Crippen molar-refractivity contribution in [2.75, 3.05) is 4.90 Å². The minimum absolute atomic E-state index is 0.0545. The fraction of sp³-hybridized carbons (Fsp3) is 0.423. The van der Waals surface area contributed by atoms with Gasteiger partial charge in [-0.1, -0.05) is 19.6 Å².